The minimum Gasteiger partial charge on any atom is -0.399 e. The predicted octanol–water partition coefficient (Wildman–Crippen LogP) is 0.618. The molecular formula is C27H51NO9. The van der Waals surface area contributed by atoms with Gasteiger partial charge in [0, 0.05) is 18.2 Å². The number of hydrogen-bond donors (Lipinski definition) is 8. The Hall–Kier alpha value is -1.34. The van der Waals surface area contributed by atoms with Crippen LogP contribution in [0.25, 0.3) is 0 Å². The summed E-state index contributed by atoms with van der Waals surface area (Å²) in [5, 5.41) is 64.4. The van der Waals surface area contributed by atoms with E-state index in [0.29, 0.717) is 63.8 Å². The van der Waals surface area contributed by atoms with Gasteiger partial charge in [-0.1, -0.05) is 19.1 Å². The lowest BCUT2D eigenvalue weighted by molar-refractivity contribution is -0.0325. The van der Waals surface area contributed by atoms with Gasteiger partial charge in [0.1, 0.15) is 0 Å². The minimum atomic E-state index is -0.727. The molecule has 0 saturated carbocycles. The van der Waals surface area contributed by atoms with Crippen molar-refractivity contribution < 1.29 is 45.2 Å². The zero-order valence-corrected chi connectivity index (χ0v) is 22.5. The zero-order chi connectivity index (χ0) is 28.1. The summed E-state index contributed by atoms with van der Waals surface area (Å²) >= 11 is 0. The predicted molar refractivity (Wildman–Crippen MR) is 143 cm³/mol. The standard InChI is InChI=1S/C19H33NO5.C8H18O4/c1-2-19(13-22,10-15-6-8-16(20)9-7-15)14-25-12-18(24)5-3-4-17(23)11-21;1-12-6-8(11)4-2-3-7(10)5-9/h6-9,17-18,21-24H,2-5,10-14,20H2,1H3;7-11H,2-6H2,1H3. The van der Waals surface area contributed by atoms with Crippen molar-refractivity contribution in [1.29, 1.82) is 0 Å². The largest absolute Gasteiger partial charge is 0.399 e. The smallest absolute Gasteiger partial charge is 0.0773 e. The summed E-state index contributed by atoms with van der Waals surface area (Å²) in [6.07, 6.45) is 2.40. The number of hydrogen-bond acceptors (Lipinski definition) is 10. The first-order valence-electron chi connectivity index (χ1n) is 13.1. The molecule has 0 bridgehead atoms. The fourth-order valence-corrected chi connectivity index (χ4v) is 3.69. The molecule has 0 spiro atoms. The number of nitrogen functional groups attached to an aromatic ring is 1. The van der Waals surface area contributed by atoms with Crippen molar-refractivity contribution in [3.8, 4) is 0 Å². The van der Waals surface area contributed by atoms with E-state index in [4.69, 9.17) is 35.6 Å². The molecular weight excluding hydrogens is 482 g/mol. The molecule has 10 heteroatoms. The van der Waals surface area contributed by atoms with Crippen LogP contribution in [0.3, 0.4) is 0 Å². The Kier molecular flexibility index (Phi) is 20.8. The summed E-state index contributed by atoms with van der Waals surface area (Å²) in [5.74, 6) is 0. The summed E-state index contributed by atoms with van der Waals surface area (Å²) in [6.45, 7) is 2.44. The van der Waals surface area contributed by atoms with E-state index in [1.165, 1.54) is 7.11 Å². The first-order chi connectivity index (χ1) is 17.6. The number of methoxy groups -OCH3 is 1. The highest BCUT2D eigenvalue weighted by atomic mass is 16.5. The van der Waals surface area contributed by atoms with Gasteiger partial charge >= 0.3 is 0 Å². The van der Waals surface area contributed by atoms with Crippen molar-refractivity contribution in [3.05, 3.63) is 29.8 Å². The summed E-state index contributed by atoms with van der Waals surface area (Å²) < 4.78 is 10.4. The van der Waals surface area contributed by atoms with E-state index in [2.05, 4.69) is 0 Å². The van der Waals surface area contributed by atoms with Crippen molar-refractivity contribution in [3.63, 3.8) is 0 Å². The second-order valence-electron chi connectivity index (χ2n) is 9.74. The highest BCUT2D eigenvalue weighted by Gasteiger charge is 2.28. The molecule has 37 heavy (non-hydrogen) atoms. The third-order valence-corrected chi connectivity index (χ3v) is 6.29. The Morgan fingerprint density at radius 3 is 1.70 bits per heavy atom. The monoisotopic (exact) mass is 533 g/mol. The molecule has 218 valence electrons. The molecule has 1 rings (SSSR count). The van der Waals surface area contributed by atoms with E-state index >= 15 is 0 Å². The number of anilines is 1. The topological polar surface area (TPSA) is 186 Å². The van der Waals surface area contributed by atoms with E-state index in [-0.39, 0.29) is 31.8 Å². The average Bonchev–Trinajstić information content (AvgIpc) is 2.89. The fraction of sp³-hybridized carbons (Fsp3) is 0.778. The van der Waals surface area contributed by atoms with Gasteiger partial charge in [0.15, 0.2) is 0 Å². The van der Waals surface area contributed by atoms with Gasteiger partial charge in [0.05, 0.1) is 64.1 Å². The van der Waals surface area contributed by atoms with Gasteiger partial charge < -0.3 is 51.0 Å². The van der Waals surface area contributed by atoms with E-state index in [1.54, 1.807) is 0 Å². The van der Waals surface area contributed by atoms with Crippen LogP contribution in [-0.4, -0.2) is 107 Å². The molecule has 0 amide bonds. The molecule has 0 fully saturated rings. The Balaban J connectivity index is 0.000000908. The SMILES string of the molecule is CCC(CO)(COCC(O)CCCC(O)CO)Cc1ccc(N)cc1.COCC(O)CCCC(O)CO. The van der Waals surface area contributed by atoms with Gasteiger partial charge in [0.2, 0.25) is 0 Å². The third-order valence-electron chi connectivity index (χ3n) is 6.29. The average molecular weight is 534 g/mol. The van der Waals surface area contributed by atoms with Crippen LogP contribution in [0.5, 0.6) is 0 Å². The quantitative estimate of drug-likeness (QED) is 0.110. The number of nitrogens with two attached hydrogens (primary N) is 1. The summed E-state index contributed by atoms with van der Waals surface area (Å²) in [4.78, 5) is 0. The van der Waals surface area contributed by atoms with E-state index < -0.39 is 24.4 Å². The highest BCUT2D eigenvalue weighted by Crippen LogP contribution is 2.28. The number of aliphatic hydroxyl groups is 7. The molecule has 0 aromatic heterocycles. The summed E-state index contributed by atoms with van der Waals surface area (Å²) in [7, 11) is 1.53. The number of rotatable bonds is 20. The molecule has 0 aliphatic rings. The van der Waals surface area contributed by atoms with Crippen LogP contribution >= 0.6 is 0 Å². The molecule has 5 atom stereocenters. The van der Waals surface area contributed by atoms with Crippen molar-refractivity contribution in [2.45, 2.75) is 82.7 Å². The number of ether oxygens (including phenoxy) is 2. The molecule has 9 N–H and O–H groups in total. The first-order valence-corrected chi connectivity index (χ1v) is 13.1. The lowest BCUT2D eigenvalue weighted by Gasteiger charge is -2.31. The summed E-state index contributed by atoms with van der Waals surface area (Å²) in [6, 6.07) is 7.60. The van der Waals surface area contributed by atoms with Gasteiger partial charge in [-0.3, -0.25) is 0 Å². The molecule has 0 radical (unpaired) electrons. The van der Waals surface area contributed by atoms with Crippen LogP contribution in [0.15, 0.2) is 24.3 Å². The van der Waals surface area contributed by atoms with Crippen LogP contribution in [-0.2, 0) is 15.9 Å². The second-order valence-corrected chi connectivity index (χ2v) is 9.74. The number of aliphatic hydroxyl groups excluding tert-OH is 7. The van der Waals surface area contributed by atoms with Crippen molar-refractivity contribution in [2.75, 3.05) is 52.5 Å². The Morgan fingerprint density at radius 2 is 1.27 bits per heavy atom. The van der Waals surface area contributed by atoms with E-state index in [0.717, 1.165) is 12.0 Å². The van der Waals surface area contributed by atoms with Gasteiger partial charge in [-0.05, 0) is 69.1 Å². The molecule has 5 unspecified atom stereocenters. The van der Waals surface area contributed by atoms with Crippen LogP contribution in [0.1, 0.15) is 57.4 Å². The lowest BCUT2D eigenvalue weighted by atomic mass is 9.80. The van der Waals surface area contributed by atoms with E-state index in [1.807, 2.05) is 31.2 Å². The van der Waals surface area contributed by atoms with Crippen molar-refractivity contribution in [1.82, 2.24) is 0 Å². The number of benzene rings is 1. The van der Waals surface area contributed by atoms with Crippen LogP contribution in [0, 0.1) is 5.41 Å². The maximum Gasteiger partial charge on any atom is 0.0773 e. The molecule has 0 aliphatic carbocycles. The molecule has 0 aliphatic heterocycles. The van der Waals surface area contributed by atoms with Crippen LogP contribution in [0.4, 0.5) is 5.69 Å². The maximum atomic E-state index is 9.95. The van der Waals surface area contributed by atoms with Crippen LogP contribution < -0.4 is 5.73 Å². The Labute approximate surface area is 221 Å². The molecule has 0 saturated heterocycles. The highest BCUT2D eigenvalue weighted by molar-refractivity contribution is 5.39. The van der Waals surface area contributed by atoms with E-state index in [9.17, 15) is 15.3 Å². The molecule has 1 aromatic carbocycles. The minimum absolute atomic E-state index is 0.00661. The Morgan fingerprint density at radius 1 is 0.784 bits per heavy atom. The second kappa shape index (κ2) is 21.6. The molecule has 1 aromatic rings. The normalized spacial score (nSPS) is 16.2. The Bertz CT molecular complexity index is 643. The van der Waals surface area contributed by atoms with Gasteiger partial charge in [0.25, 0.3) is 0 Å². The van der Waals surface area contributed by atoms with Gasteiger partial charge in [-0.25, -0.2) is 0 Å². The van der Waals surface area contributed by atoms with Gasteiger partial charge in [-0.2, -0.15) is 0 Å². The summed E-state index contributed by atoms with van der Waals surface area (Å²) in [5.41, 5.74) is 7.12. The van der Waals surface area contributed by atoms with Crippen molar-refractivity contribution in [2.24, 2.45) is 5.41 Å². The van der Waals surface area contributed by atoms with Crippen LogP contribution in [0.2, 0.25) is 0 Å². The molecule has 10 nitrogen and oxygen atoms in total. The molecule has 0 heterocycles. The lowest BCUT2D eigenvalue weighted by Crippen LogP contribution is -2.34. The fourth-order valence-electron chi connectivity index (χ4n) is 3.69. The third kappa shape index (κ3) is 17.7. The van der Waals surface area contributed by atoms with Gasteiger partial charge in [-0.15, -0.1) is 0 Å². The first kappa shape index (κ1) is 35.7. The van der Waals surface area contributed by atoms with Crippen molar-refractivity contribution >= 4 is 5.69 Å². The zero-order valence-electron chi connectivity index (χ0n) is 22.5. The maximum absolute atomic E-state index is 9.95.